The molecule has 1 heterocycles. The zero-order chi connectivity index (χ0) is 24.6. The summed E-state index contributed by atoms with van der Waals surface area (Å²) in [6, 6.07) is 14.2. The van der Waals surface area contributed by atoms with E-state index in [9.17, 15) is 13.2 Å². The molecule has 2 fully saturated rings. The molecular formula is C26H25ClN2O5S. The number of hydrogen-bond donors (Lipinski definition) is 1. The molecule has 0 spiro atoms. The SMILES string of the molecule is CC(=O)NS(=O)(=O)c1ccc(Cl)c(COC2(c3cnccc3-c3ccccc3OC3CC3)CC2)c1. The highest BCUT2D eigenvalue weighted by Gasteiger charge is 2.47. The molecule has 3 aromatic rings. The largest absolute Gasteiger partial charge is 0.490 e. The lowest BCUT2D eigenvalue weighted by molar-refractivity contribution is -0.117. The summed E-state index contributed by atoms with van der Waals surface area (Å²) in [5.41, 5.74) is 2.93. The molecule has 0 aliphatic heterocycles. The van der Waals surface area contributed by atoms with Crippen molar-refractivity contribution < 1.29 is 22.7 Å². The first-order valence-corrected chi connectivity index (χ1v) is 13.3. The van der Waals surface area contributed by atoms with Crippen molar-refractivity contribution in [3.63, 3.8) is 0 Å². The predicted octanol–water partition coefficient (Wildman–Crippen LogP) is 4.97. The van der Waals surface area contributed by atoms with Crippen molar-refractivity contribution >= 4 is 27.5 Å². The van der Waals surface area contributed by atoms with Gasteiger partial charge in [-0.25, -0.2) is 13.1 Å². The fraction of sp³-hybridized carbons (Fsp3) is 0.308. The maximum absolute atomic E-state index is 12.4. The first-order valence-electron chi connectivity index (χ1n) is 11.4. The molecule has 1 N–H and O–H groups in total. The van der Waals surface area contributed by atoms with Gasteiger partial charge in [0.2, 0.25) is 5.91 Å². The number of amides is 1. The van der Waals surface area contributed by atoms with Crippen LogP contribution < -0.4 is 9.46 Å². The third kappa shape index (κ3) is 5.19. The minimum absolute atomic E-state index is 0.0474. The van der Waals surface area contributed by atoms with Crippen LogP contribution in [0.4, 0.5) is 0 Å². The molecule has 0 radical (unpaired) electrons. The van der Waals surface area contributed by atoms with Crippen molar-refractivity contribution in [3.8, 4) is 16.9 Å². The topological polar surface area (TPSA) is 94.6 Å². The van der Waals surface area contributed by atoms with Gasteiger partial charge in [0.05, 0.1) is 23.2 Å². The lowest BCUT2D eigenvalue weighted by Crippen LogP contribution is -2.28. The molecule has 2 saturated carbocycles. The Balaban J connectivity index is 1.42. The molecule has 2 aromatic carbocycles. The highest BCUT2D eigenvalue weighted by molar-refractivity contribution is 7.90. The zero-order valence-electron chi connectivity index (χ0n) is 19.2. The van der Waals surface area contributed by atoms with Crippen LogP contribution in [0.1, 0.15) is 43.7 Å². The fourth-order valence-corrected chi connectivity index (χ4v) is 5.26. The molecule has 0 unspecified atom stereocenters. The fourth-order valence-electron chi connectivity index (χ4n) is 4.05. The second-order valence-corrected chi connectivity index (χ2v) is 11.0. The highest BCUT2D eigenvalue weighted by Crippen LogP contribution is 2.53. The summed E-state index contributed by atoms with van der Waals surface area (Å²) in [6.07, 6.45) is 7.61. The number of aromatic nitrogens is 1. The number of carbonyl (C=O) groups excluding carboxylic acids is 1. The smallest absolute Gasteiger partial charge is 0.264 e. The summed E-state index contributed by atoms with van der Waals surface area (Å²) in [5, 5.41) is 0.386. The maximum atomic E-state index is 12.4. The van der Waals surface area contributed by atoms with Crippen molar-refractivity contribution in [2.45, 2.75) is 55.8 Å². The summed E-state index contributed by atoms with van der Waals surface area (Å²) >= 11 is 6.36. The van der Waals surface area contributed by atoms with E-state index in [0.29, 0.717) is 10.6 Å². The number of nitrogens with zero attached hydrogens (tertiary/aromatic N) is 1. The Kier molecular flexibility index (Phi) is 6.29. The number of halogens is 1. The minimum Gasteiger partial charge on any atom is -0.490 e. The minimum atomic E-state index is -3.98. The Morgan fingerprint density at radius 2 is 1.91 bits per heavy atom. The van der Waals surface area contributed by atoms with Crippen LogP contribution >= 0.6 is 11.6 Å². The van der Waals surface area contributed by atoms with E-state index < -0.39 is 21.5 Å². The quantitative estimate of drug-likeness (QED) is 0.435. The molecule has 9 heteroatoms. The number of nitrogens with one attached hydrogen (secondary N) is 1. The number of rotatable bonds is 9. The van der Waals surface area contributed by atoms with E-state index in [-0.39, 0.29) is 17.6 Å². The van der Waals surface area contributed by atoms with Gasteiger partial charge in [-0.2, -0.15) is 0 Å². The van der Waals surface area contributed by atoms with Gasteiger partial charge in [0.25, 0.3) is 10.0 Å². The number of pyridine rings is 1. The molecule has 5 rings (SSSR count). The summed E-state index contributed by atoms with van der Waals surface area (Å²) < 4.78 is 39.4. The Morgan fingerprint density at radius 1 is 1.14 bits per heavy atom. The molecule has 2 aliphatic carbocycles. The van der Waals surface area contributed by atoms with Gasteiger partial charge >= 0.3 is 0 Å². The van der Waals surface area contributed by atoms with Crippen LogP contribution in [0.5, 0.6) is 5.75 Å². The molecule has 182 valence electrons. The van der Waals surface area contributed by atoms with E-state index in [2.05, 4.69) is 4.98 Å². The van der Waals surface area contributed by atoms with Crippen molar-refractivity contribution in [3.05, 3.63) is 77.1 Å². The number of para-hydroxylation sites is 1. The number of carbonyl (C=O) groups is 1. The van der Waals surface area contributed by atoms with E-state index >= 15 is 0 Å². The first kappa shape index (κ1) is 23.8. The Bertz CT molecular complexity index is 1380. The van der Waals surface area contributed by atoms with Gasteiger partial charge in [0.15, 0.2) is 0 Å². The van der Waals surface area contributed by atoms with Crippen molar-refractivity contribution in [2.75, 3.05) is 0 Å². The predicted molar refractivity (Wildman–Crippen MR) is 131 cm³/mol. The first-order chi connectivity index (χ1) is 16.8. The Labute approximate surface area is 209 Å². The van der Waals surface area contributed by atoms with Crippen LogP contribution in [0.2, 0.25) is 5.02 Å². The number of sulfonamides is 1. The van der Waals surface area contributed by atoms with Gasteiger partial charge in [-0.3, -0.25) is 9.78 Å². The van der Waals surface area contributed by atoms with Crippen LogP contribution in [0.15, 0.2) is 65.8 Å². The second-order valence-electron chi connectivity index (χ2n) is 8.93. The monoisotopic (exact) mass is 512 g/mol. The summed E-state index contributed by atoms with van der Waals surface area (Å²) in [6.45, 7) is 1.25. The lowest BCUT2D eigenvalue weighted by Gasteiger charge is -2.22. The van der Waals surface area contributed by atoms with Gasteiger partial charge in [-0.1, -0.05) is 29.8 Å². The van der Waals surface area contributed by atoms with E-state index in [1.165, 1.54) is 18.2 Å². The molecule has 1 aromatic heterocycles. The number of ether oxygens (including phenoxy) is 2. The average molecular weight is 513 g/mol. The molecule has 7 nitrogen and oxygen atoms in total. The third-order valence-corrected chi connectivity index (χ3v) is 7.92. The maximum Gasteiger partial charge on any atom is 0.264 e. The zero-order valence-corrected chi connectivity index (χ0v) is 20.7. The second kappa shape index (κ2) is 9.26. The third-order valence-electron chi connectivity index (χ3n) is 6.12. The highest BCUT2D eigenvalue weighted by atomic mass is 35.5. The summed E-state index contributed by atoms with van der Waals surface area (Å²) in [4.78, 5) is 15.6. The van der Waals surface area contributed by atoms with Crippen molar-refractivity contribution in [2.24, 2.45) is 0 Å². The lowest BCUT2D eigenvalue weighted by atomic mass is 9.96. The van der Waals surface area contributed by atoms with Crippen molar-refractivity contribution in [1.82, 2.24) is 9.71 Å². The molecular weight excluding hydrogens is 488 g/mol. The molecule has 0 bridgehead atoms. The van der Waals surface area contributed by atoms with E-state index in [1.807, 2.05) is 41.3 Å². The standard InChI is InChI=1S/C26H25ClN2O5S/c1-17(30)29-35(31,32)20-8-9-24(27)18(14-20)16-33-26(11-12-26)23-15-28-13-10-21(23)22-4-2-3-5-25(22)34-19-6-7-19/h2-5,8-10,13-15,19H,6-7,11-12,16H2,1H3,(H,29,30). The normalized spacial score (nSPS) is 16.5. The van der Waals surface area contributed by atoms with E-state index in [1.54, 1.807) is 6.20 Å². The van der Waals surface area contributed by atoms with Crippen molar-refractivity contribution in [1.29, 1.82) is 0 Å². The number of hydrogen-bond acceptors (Lipinski definition) is 6. The van der Waals surface area contributed by atoms with Gasteiger partial charge in [0.1, 0.15) is 5.75 Å². The average Bonchev–Trinajstić information content (AvgIpc) is 3.75. The molecule has 2 aliphatic rings. The summed E-state index contributed by atoms with van der Waals surface area (Å²) in [7, 11) is -3.98. The Morgan fingerprint density at radius 3 is 2.63 bits per heavy atom. The van der Waals surface area contributed by atoms with Gasteiger partial charge in [-0.15, -0.1) is 0 Å². The molecule has 0 saturated heterocycles. The number of benzene rings is 2. The van der Waals surface area contributed by atoms with Crippen LogP contribution in [-0.4, -0.2) is 25.4 Å². The summed E-state index contributed by atoms with van der Waals surface area (Å²) in [5.74, 6) is 0.182. The van der Waals surface area contributed by atoms with Crippen LogP contribution in [0, 0.1) is 0 Å². The van der Waals surface area contributed by atoms with E-state index in [0.717, 1.165) is 55.0 Å². The van der Waals surface area contributed by atoms with Crippen LogP contribution in [0.3, 0.4) is 0 Å². The van der Waals surface area contributed by atoms with E-state index in [4.69, 9.17) is 21.1 Å². The molecule has 1 amide bonds. The van der Waals surface area contributed by atoms with Gasteiger partial charge in [-0.05, 0) is 67.1 Å². The van der Waals surface area contributed by atoms with Gasteiger partial charge in [0, 0.05) is 35.5 Å². The molecule has 35 heavy (non-hydrogen) atoms. The van der Waals surface area contributed by atoms with Gasteiger partial charge < -0.3 is 9.47 Å². The molecule has 0 atom stereocenters. The van der Waals surface area contributed by atoms with Crippen LogP contribution in [0.25, 0.3) is 11.1 Å². The van der Waals surface area contributed by atoms with Crippen LogP contribution in [-0.2, 0) is 31.8 Å². The Hall–Kier alpha value is -2.94.